The van der Waals surface area contributed by atoms with Gasteiger partial charge in [-0.25, -0.2) is 4.98 Å². The summed E-state index contributed by atoms with van der Waals surface area (Å²) in [5.74, 6) is -1.00. The molecule has 0 bridgehead atoms. The molecule has 8 nitrogen and oxygen atoms in total. The van der Waals surface area contributed by atoms with Crippen LogP contribution in [-0.4, -0.2) is 50.9 Å². The summed E-state index contributed by atoms with van der Waals surface area (Å²) < 4.78 is 0. The first-order valence-electron chi connectivity index (χ1n) is 5.82. The molecule has 1 aliphatic heterocycles. The summed E-state index contributed by atoms with van der Waals surface area (Å²) in [5, 5.41) is 8.66. The lowest BCUT2D eigenvalue weighted by Gasteiger charge is -2.24. The van der Waals surface area contributed by atoms with E-state index in [9.17, 15) is 14.4 Å². The van der Waals surface area contributed by atoms with Crippen molar-refractivity contribution in [1.29, 1.82) is 0 Å². The number of hydrogen-bond donors (Lipinski definition) is 2. The molecule has 1 saturated heterocycles. The van der Waals surface area contributed by atoms with E-state index in [2.05, 4.69) is 20.5 Å². The van der Waals surface area contributed by atoms with Crippen molar-refractivity contribution < 1.29 is 14.4 Å². The Labute approximate surface area is 109 Å². The van der Waals surface area contributed by atoms with Crippen molar-refractivity contribution in [2.75, 3.05) is 13.1 Å². The van der Waals surface area contributed by atoms with E-state index >= 15 is 0 Å². The molecule has 1 aromatic heterocycles. The highest BCUT2D eigenvalue weighted by Gasteiger charge is 2.30. The van der Waals surface area contributed by atoms with Gasteiger partial charge in [-0.2, -0.15) is 0 Å². The topological polar surface area (TPSA) is 108 Å². The van der Waals surface area contributed by atoms with Crippen LogP contribution in [0.1, 0.15) is 37.2 Å². The Bertz CT molecular complexity index is 527. The van der Waals surface area contributed by atoms with Gasteiger partial charge in [0.15, 0.2) is 0 Å². The molecule has 0 spiro atoms. The highest BCUT2D eigenvalue weighted by molar-refractivity contribution is 6.04. The molecular weight excluding hydrogens is 250 g/mol. The SMILES string of the molecule is CC(C)(C)c1nc(C(=O)N2CC(=O)NC(=O)C2)n[nH]1. The Hall–Kier alpha value is -2.25. The summed E-state index contributed by atoms with van der Waals surface area (Å²) in [4.78, 5) is 39.7. The maximum Gasteiger partial charge on any atom is 0.294 e. The van der Waals surface area contributed by atoms with E-state index in [1.165, 1.54) is 0 Å². The van der Waals surface area contributed by atoms with E-state index in [1.54, 1.807) is 0 Å². The smallest absolute Gasteiger partial charge is 0.294 e. The Kier molecular flexibility index (Phi) is 3.09. The van der Waals surface area contributed by atoms with Crippen LogP contribution in [0.4, 0.5) is 0 Å². The number of nitrogens with zero attached hydrogens (tertiary/aromatic N) is 3. The van der Waals surface area contributed by atoms with Crippen LogP contribution in [0.15, 0.2) is 0 Å². The quantitative estimate of drug-likeness (QED) is 0.646. The molecule has 1 fully saturated rings. The summed E-state index contributed by atoms with van der Waals surface area (Å²) in [5.41, 5.74) is -0.263. The molecule has 0 atom stereocenters. The molecule has 0 saturated carbocycles. The summed E-state index contributed by atoms with van der Waals surface area (Å²) in [6.07, 6.45) is 0. The molecule has 1 aromatic rings. The van der Waals surface area contributed by atoms with E-state index in [1.807, 2.05) is 20.8 Å². The van der Waals surface area contributed by atoms with Gasteiger partial charge in [-0.1, -0.05) is 20.8 Å². The lowest BCUT2D eigenvalue weighted by molar-refractivity contribution is -0.135. The molecule has 0 aliphatic carbocycles. The lowest BCUT2D eigenvalue weighted by atomic mass is 9.96. The molecule has 8 heteroatoms. The Balaban J connectivity index is 2.18. The molecule has 0 radical (unpaired) electrons. The number of carbonyl (C=O) groups is 3. The van der Waals surface area contributed by atoms with Crippen LogP contribution in [0, 0.1) is 0 Å². The van der Waals surface area contributed by atoms with Crippen molar-refractivity contribution in [3.05, 3.63) is 11.6 Å². The van der Waals surface area contributed by atoms with E-state index in [0.29, 0.717) is 5.82 Å². The van der Waals surface area contributed by atoms with Gasteiger partial charge in [0.2, 0.25) is 17.6 Å². The van der Waals surface area contributed by atoms with Gasteiger partial charge in [-0.3, -0.25) is 24.8 Å². The highest BCUT2D eigenvalue weighted by atomic mass is 16.2. The highest BCUT2D eigenvalue weighted by Crippen LogP contribution is 2.17. The zero-order valence-corrected chi connectivity index (χ0v) is 11.0. The van der Waals surface area contributed by atoms with Crippen LogP contribution >= 0.6 is 0 Å². The van der Waals surface area contributed by atoms with Crippen LogP contribution in [-0.2, 0) is 15.0 Å². The van der Waals surface area contributed by atoms with E-state index < -0.39 is 17.7 Å². The fourth-order valence-corrected chi connectivity index (χ4v) is 1.62. The Morgan fingerprint density at radius 1 is 1.21 bits per heavy atom. The predicted octanol–water partition coefficient (Wildman–Crippen LogP) is -0.799. The van der Waals surface area contributed by atoms with Crippen molar-refractivity contribution in [2.24, 2.45) is 0 Å². The van der Waals surface area contributed by atoms with E-state index in [0.717, 1.165) is 4.90 Å². The van der Waals surface area contributed by atoms with Gasteiger partial charge in [0.05, 0.1) is 0 Å². The number of amides is 3. The number of rotatable bonds is 1. The maximum atomic E-state index is 12.1. The first kappa shape index (κ1) is 13.2. The van der Waals surface area contributed by atoms with Gasteiger partial charge < -0.3 is 4.90 Å². The van der Waals surface area contributed by atoms with Crippen molar-refractivity contribution in [1.82, 2.24) is 25.4 Å². The normalized spacial score (nSPS) is 16.5. The first-order chi connectivity index (χ1) is 8.77. The standard InChI is InChI=1S/C11H15N5O3/c1-11(2,3)10-13-8(14-15-10)9(19)16-4-6(17)12-7(18)5-16/h4-5H2,1-3H3,(H,12,17,18)(H,13,14,15). The number of aromatic nitrogens is 3. The molecule has 2 N–H and O–H groups in total. The van der Waals surface area contributed by atoms with Gasteiger partial charge in [-0.15, -0.1) is 5.10 Å². The van der Waals surface area contributed by atoms with Crippen LogP contribution < -0.4 is 5.32 Å². The molecule has 102 valence electrons. The second-order valence-electron chi connectivity index (χ2n) is 5.39. The molecule has 0 unspecified atom stereocenters. The van der Waals surface area contributed by atoms with Crippen LogP contribution in [0.2, 0.25) is 0 Å². The summed E-state index contributed by atoms with van der Waals surface area (Å²) in [6, 6.07) is 0. The number of imide groups is 1. The minimum Gasteiger partial charge on any atom is -0.317 e. The fraction of sp³-hybridized carbons (Fsp3) is 0.545. The Morgan fingerprint density at radius 3 is 2.26 bits per heavy atom. The number of H-pyrrole nitrogens is 1. The summed E-state index contributed by atoms with van der Waals surface area (Å²) >= 11 is 0. The van der Waals surface area contributed by atoms with E-state index in [4.69, 9.17) is 0 Å². The largest absolute Gasteiger partial charge is 0.317 e. The first-order valence-corrected chi connectivity index (χ1v) is 5.82. The Morgan fingerprint density at radius 2 is 1.79 bits per heavy atom. The third-order valence-corrected chi connectivity index (χ3v) is 2.62. The number of piperazine rings is 1. The van der Waals surface area contributed by atoms with Gasteiger partial charge in [0.1, 0.15) is 18.9 Å². The van der Waals surface area contributed by atoms with Gasteiger partial charge in [0.25, 0.3) is 5.91 Å². The average molecular weight is 265 g/mol. The third-order valence-electron chi connectivity index (χ3n) is 2.62. The minimum atomic E-state index is -0.532. The van der Waals surface area contributed by atoms with Crippen molar-refractivity contribution in [3.63, 3.8) is 0 Å². The van der Waals surface area contributed by atoms with Gasteiger partial charge in [-0.05, 0) is 0 Å². The van der Waals surface area contributed by atoms with Crippen molar-refractivity contribution in [3.8, 4) is 0 Å². The maximum absolute atomic E-state index is 12.1. The van der Waals surface area contributed by atoms with Crippen molar-refractivity contribution >= 4 is 17.7 Å². The minimum absolute atomic E-state index is 0.0348. The number of hydrogen-bond acceptors (Lipinski definition) is 5. The number of nitrogens with one attached hydrogen (secondary N) is 2. The number of carbonyl (C=O) groups excluding carboxylic acids is 3. The van der Waals surface area contributed by atoms with Gasteiger partial charge in [0, 0.05) is 5.41 Å². The molecule has 3 amide bonds. The lowest BCUT2D eigenvalue weighted by Crippen LogP contribution is -2.53. The van der Waals surface area contributed by atoms with Crippen LogP contribution in [0.3, 0.4) is 0 Å². The molecule has 0 aromatic carbocycles. The van der Waals surface area contributed by atoms with Crippen LogP contribution in [0.5, 0.6) is 0 Å². The van der Waals surface area contributed by atoms with Crippen molar-refractivity contribution in [2.45, 2.75) is 26.2 Å². The van der Waals surface area contributed by atoms with Gasteiger partial charge >= 0.3 is 0 Å². The monoisotopic (exact) mass is 265 g/mol. The van der Waals surface area contributed by atoms with E-state index in [-0.39, 0.29) is 24.3 Å². The molecule has 2 rings (SSSR count). The predicted molar refractivity (Wildman–Crippen MR) is 64.1 cm³/mol. The molecule has 2 heterocycles. The third kappa shape index (κ3) is 2.78. The number of aromatic amines is 1. The second kappa shape index (κ2) is 4.45. The van der Waals surface area contributed by atoms with Crippen LogP contribution in [0.25, 0.3) is 0 Å². The fourth-order valence-electron chi connectivity index (χ4n) is 1.62. The molecular formula is C11H15N5O3. The molecule has 1 aliphatic rings. The summed E-state index contributed by atoms with van der Waals surface area (Å²) in [7, 11) is 0. The average Bonchev–Trinajstić information content (AvgIpc) is 2.75. The molecule has 19 heavy (non-hydrogen) atoms. The zero-order valence-electron chi connectivity index (χ0n) is 11.0. The zero-order chi connectivity index (χ0) is 14.2. The second-order valence-corrected chi connectivity index (χ2v) is 5.39. The summed E-state index contributed by atoms with van der Waals surface area (Å²) in [6.45, 7) is 5.47.